The smallest absolute Gasteiger partial charge is 0.166 e. The first-order chi connectivity index (χ1) is 5.83. The molecule has 0 saturated heterocycles. The first-order valence-corrected chi connectivity index (χ1v) is 8.22. The van der Waals surface area contributed by atoms with Crippen LogP contribution in [0.25, 0.3) is 0 Å². The van der Waals surface area contributed by atoms with Gasteiger partial charge in [-0.05, 0) is 5.04 Å². The number of H-pyrrole nitrogens is 1. The number of rotatable bonds is 2. The summed E-state index contributed by atoms with van der Waals surface area (Å²) in [5.41, 5.74) is 0. The van der Waals surface area contributed by atoms with Crippen molar-refractivity contribution in [2.45, 2.75) is 38.4 Å². The lowest BCUT2D eigenvalue weighted by atomic mass is 10.2. The van der Waals surface area contributed by atoms with Gasteiger partial charge in [-0.1, -0.05) is 27.3 Å². The van der Waals surface area contributed by atoms with E-state index >= 15 is 0 Å². The average molecular weight is 217 g/mol. The van der Waals surface area contributed by atoms with Crippen LogP contribution >= 0.6 is 11.1 Å². The molecule has 0 fully saturated rings. The van der Waals surface area contributed by atoms with Crippen LogP contribution in [0.1, 0.15) is 26.6 Å². The van der Waals surface area contributed by atoms with E-state index in [1.165, 1.54) is 0 Å². The zero-order valence-electron chi connectivity index (χ0n) is 8.69. The first kappa shape index (κ1) is 10.8. The number of aromatic nitrogens is 2. The molecule has 74 valence electrons. The second-order valence-electron chi connectivity index (χ2n) is 4.66. The molecule has 0 radical (unpaired) electrons. The summed E-state index contributed by atoms with van der Waals surface area (Å²) in [6.07, 6.45) is 3.62. The number of imidazole rings is 1. The number of hydrogen-bond donors (Lipinski definition) is 1. The Balaban J connectivity index is 2.73. The zero-order valence-corrected chi connectivity index (χ0v) is 10.4. The maximum Gasteiger partial charge on any atom is 0.166 e. The van der Waals surface area contributed by atoms with Gasteiger partial charge in [0.15, 0.2) is 7.38 Å². The Morgan fingerprint density at radius 3 is 2.54 bits per heavy atom. The normalized spacial score (nSPS) is 17.0. The van der Waals surface area contributed by atoms with Gasteiger partial charge in [-0.2, -0.15) is 11.1 Å². The number of aromatic amines is 1. The highest BCUT2D eigenvalue weighted by Crippen LogP contribution is 2.40. The topological polar surface area (TPSA) is 28.7 Å². The van der Waals surface area contributed by atoms with Crippen LogP contribution in [0.2, 0.25) is 11.6 Å². The summed E-state index contributed by atoms with van der Waals surface area (Å²) < 4.78 is 0. The molecule has 0 aliphatic rings. The van der Waals surface area contributed by atoms with Crippen LogP contribution in [0.15, 0.2) is 12.4 Å². The van der Waals surface area contributed by atoms with E-state index in [-0.39, 0.29) is 5.04 Å². The minimum absolute atomic E-state index is 0.210. The van der Waals surface area contributed by atoms with Gasteiger partial charge in [-0.25, -0.2) is 4.98 Å². The molecule has 1 atom stereocenters. The van der Waals surface area contributed by atoms with Gasteiger partial charge in [0.1, 0.15) is 5.82 Å². The quantitative estimate of drug-likeness (QED) is 0.598. The average Bonchev–Trinajstić information content (AvgIpc) is 2.35. The molecule has 1 unspecified atom stereocenters. The molecule has 1 N–H and O–H groups in total. The second kappa shape index (κ2) is 3.46. The van der Waals surface area contributed by atoms with E-state index in [1.54, 1.807) is 6.20 Å². The minimum atomic E-state index is -1.73. The third-order valence-corrected chi connectivity index (χ3v) is 8.85. The molecule has 1 rings (SSSR count). The van der Waals surface area contributed by atoms with Crippen LogP contribution in [0, 0.1) is 0 Å². The van der Waals surface area contributed by atoms with Crippen LogP contribution in [0.3, 0.4) is 0 Å². The van der Waals surface area contributed by atoms with Crippen molar-refractivity contribution in [3.63, 3.8) is 0 Å². The predicted octanol–water partition coefficient (Wildman–Crippen LogP) is 3.11. The Labute approximate surface area is 85.4 Å². The van der Waals surface area contributed by atoms with Crippen molar-refractivity contribution in [2.75, 3.05) is 0 Å². The fourth-order valence-corrected chi connectivity index (χ4v) is 2.71. The number of halogens is 1. The summed E-state index contributed by atoms with van der Waals surface area (Å²) in [5, 5.41) is 0.210. The monoisotopic (exact) mass is 216 g/mol. The standard InChI is InChI=1S/C9H17ClN2Si/c1-9(2,3)13(4,10)7-8-11-5-6-12-8/h5-6H,7H2,1-4H3,(H,11,12). The molecular weight excluding hydrogens is 200 g/mol. The molecule has 1 aromatic rings. The lowest BCUT2D eigenvalue weighted by molar-refractivity contribution is 0.723. The Morgan fingerprint density at radius 2 is 2.15 bits per heavy atom. The van der Waals surface area contributed by atoms with E-state index in [1.807, 2.05) is 6.20 Å². The van der Waals surface area contributed by atoms with Crippen LogP contribution in [0.4, 0.5) is 0 Å². The summed E-state index contributed by atoms with van der Waals surface area (Å²) in [7, 11) is -1.73. The molecule has 1 aromatic heterocycles. The van der Waals surface area contributed by atoms with Crippen molar-refractivity contribution in [1.29, 1.82) is 0 Å². The molecule has 13 heavy (non-hydrogen) atoms. The highest BCUT2D eigenvalue weighted by Gasteiger charge is 2.39. The van der Waals surface area contributed by atoms with Gasteiger partial charge in [0.25, 0.3) is 0 Å². The SMILES string of the molecule is CC(C)(C)[Si](C)(Cl)Cc1ncc[nH]1. The fourth-order valence-electron chi connectivity index (χ4n) is 0.974. The van der Waals surface area contributed by atoms with Gasteiger partial charge in [0.05, 0.1) is 0 Å². The number of nitrogens with zero attached hydrogens (tertiary/aromatic N) is 1. The second-order valence-corrected chi connectivity index (χ2v) is 11.4. The van der Waals surface area contributed by atoms with Gasteiger partial charge in [-0.15, -0.1) is 0 Å². The van der Waals surface area contributed by atoms with E-state index in [4.69, 9.17) is 11.1 Å². The largest absolute Gasteiger partial charge is 0.349 e. The molecule has 0 saturated carbocycles. The predicted molar refractivity (Wildman–Crippen MR) is 59.5 cm³/mol. The first-order valence-electron chi connectivity index (χ1n) is 4.50. The summed E-state index contributed by atoms with van der Waals surface area (Å²) in [6, 6.07) is 0.908. The summed E-state index contributed by atoms with van der Waals surface area (Å²) >= 11 is 6.58. The van der Waals surface area contributed by atoms with Gasteiger partial charge < -0.3 is 4.98 Å². The molecule has 0 aliphatic carbocycles. The maximum atomic E-state index is 6.58. The third kappa shape index (κ3) is 2.58. The number of hydrogen-bond acceptors (Lipinski definition) is 1. The van der Waals surface area contributed by atoms with E-state index in [0.717, 1.165) is 11.9 Å². The molecule has 2 nitrogen and oxygen atoms in total. The zero-order chi connectivity index (χ0) is 10.1. The Hall–Kier alpha value is -0.283. The van der Waals surface area contributed by atoms with E-state index < -0.39 is 7.38 Å². The van der Waals surface area contributed by atoms with Crippen molar-refractivity contribution in [1.82, 2.24) is 9.97 Å². The molecule has 0 amide bonds. The Kier molecular flexibility index (Phi) is 2.87. The van der Waals surface area contributed by atoms with E-state index in [2.05, 4.69) is 37.3 Å². The Morgan fingerprint density at radius 1 is 1.54 bits per heavy atom. The van der Waals surface area contributed by atoms with Crippen LogP contribution < -0.4 is 0 Å². The molecule has 0 spiro atoms. The van der Waals surface area contributed by atoms with Crippen molar-refractivity contribution in [2.24, 2.45) is 0 Å². The summed E-state index contributed by atoms with van der Waals surface area (Å²) in [4.78, 5) is 7.31. The Bertz CT molecular complexity index is 262. The molecule has 0 bridgehead atoms. The van der Waals surface area contributed by atoms with Gasteiger partial charge in [0.2, 0.25) is 0 Å². The summed E-state index contributed by atoms with van der Waals surface area (Å²) in [5.74, 6) is 1.01. The van der Waals surface area contributed by atoms with Crippen molar-refractivity contribution >= 4 is 18.5 Å². The van der Waals surface area contributed by atoms with E-state index in [0.29, 0.717) is 0 Å². The molecule has 0 aliphatic heterocycles. The van der Waals surface area contributed by atoms with Crippen LogP contribution in [-0.4, -0.2) is 17.4 Å². The molecule has 0 aromatic carbocycles. The molecule has 4 heteroatoms. The molecule has 1 heterocycles. The van der Waals surface area contributed by atoms with Gasteiger partial charge in [0, 0.05) is 18.4 Å². The van der Waals surface area contributed by atoms with Crippen molar-refractivity contribution in [3.05, 3.63) is 18.2 Å². The number of nitrogens with one attached hydrogen (secondary N) is 1. The van der Waals surface area contributed by atoms with Crippen molar-refractivity contribution < 1.29 is 0 Å². The molecular formula is C9H17ClN2Si. The van der Waals surface area contributed by atoms with Crippen LogP contribution in [-0.2, 0) is 6.04 Å². The van der Waals surface area contributed by atoms with Crippen LogP contribution in [0.5, 0.6) is 0 Å². The summed E-state index contributed by atoms with van der Waals surface area (Å²) in [6.45, 7) is 8.80. The highest BCUT2D eigenvalue weighted by molar-refractivity contribution is 7.20. The highest BCUT2D eigenvalue weighted by atomic mass is 35.6. The fraction of sp³-hybridized carbons (Fsp3) is 0.667. The lowest BCUT2D eigenvalue weighted by Crippen LogP contribution is -2.37. The van der Waals surface area contributed by atoms with Gasteiger partial charge >= 0.3 is 0 Å². The lowest BCUT2D eigenvalue weighted by Gasteiger charge is -2.33. The van der Waals surface area contributed by atoms with Crippen molar-refractivity contribution in [3.8, 4) is 0 Å². The minimum Gasteiger partial charge on any atom is -0.349 e. The van der Waals surface area contributed by atoms with E-state index in [9.17, 15) is 0 Å². The van der Waals surface area contributed by atoms with Gasteiger partial charge in [-0.3, -0.25) is 0 Å². The maximum absolute atomic E-state index is 6.58. The third-order valence-electron chi connectivity index (χ3n) is 2.62.